The Morgan fingerprint density at radius 1 is 1.40 bits per heavy atom. The lowest BCUT2D eigenvalue weighted by Crippen LogP contribution is -2.11. The molecule has 2 heterocycles. The molecule has 108 valence electrons. The average Bonchev–Trinajstić information content (AvgIpc) is 3.06. The predicted octanol–water partition coefficient (Wildman–Crippen LogP) is 2.88. The second-order valence-electron chi connectivity index (χ2n) is 6.05. The van der Waals surface area contributed by atoms with Gasteiger partial charge in [0.05, 0.1) is 18.2 Å². The van der Waals surface area contributed by atoms with E-state index >= 15 is 0 Å². The second-order valence-corrected chi connectivity index (χ2v) is 6.05. The maximum atomic E-state index is 6.39. The van der Waals surface area contributed by atoms with Crippen LogP contribution in [0.15, 0.2) is 12.5 Å². The molecule has 2 N–H and O–H groups in total. The van der Waals surface area contributed by atoms with Gasteiger partial charge in [0.15, 0.2) is 0 Å². The predicted molar refractivity (Wildman–Crippen MR) is 80.3 cm³/mol. The SMILES string of the molecule is CCn1cncc1-c1nc(C2CC2)n(CC(C)C)c1N. The van der Waals surface area contributed by atoms with Gasteiger partial charge in [-0.1, -0.05) is 13.8 Å². The fraction of sp³-hybridized carbons (Fsp3) is 0.600. The Bertz CT molecular complexity index is 604. The summed E-state index contributed by atoms with van der Waals surface area (Å²) in [5.41, 5.74) is 8.31. The van der Waals surface area contributed by atoms with Gasteiger partial charge in [0, 0.05) is 19.0 Å². The standard InChI is InChI=1S/C15H23N5/c1-4-19-9-17-7-12(19)13-14(16)20(8-10(2)3)15(18-13)11-5-6-11/h7,9-11H,4-6,8,16H2,1-3H3. The van der Waals surface area contributed by atoms with E-state index in [1.807, 2.05) is 12.5 Å². The second kappa shape index (κ2) is 4.96. The Balaban J connectivity index is 2.08. The van der Waals surface area contributed by atoms with E-state index in [1.54, 1.807) is 0 Å². The van der Waals surface area contributed by atoms with Gasteiger partial charge in [-0.3, -0.25) is 0 Å². The van der Waals surface area contributed by atoms with E-state index in [9.17, 15) is 0 Å². The molecule has 0 aliphatic heterocycles. The first-order valence-electron chi connectivity index (χ1n) is 7.48. The van der Waals surface area contributed by atoms with Crippen LogP contribution in [0.25, 0.3) is 11.4 Å². The van der Waals surface area contributed by atoms with Gasteiger partial charge in [0.2, 0.25) is 0 Å². The molecule has 3 rings (SSSR count). The molecule has 1 aliphatic rings. The summed E-state index contributed by atoms with van der Waals surface area (Å²) in [5.74, 6) is 3.11. The summed E-state index contributed by atoms with van der Waals surface area (Å²) in [4.78, 5) is 9.08. The summed E-state index contributed by atoms with van der Waals surface area (Å²) in [6.07, 6.45) is 6.17. The lowest BCUT2D eigenvalue weighted by molar-refractivity contribution is 0.512. The van der Waals surface area contributed by atoms with Crippen molar-refractivity contribution in [2.75, 3.05) is 5.73 Å². The van der Waals surface area contributed by atoms with Gasteiger partial charge in [-0.05, 0) is 25.7 Å². The number of aryl methyl sites for hydroxylation is 1. The highest BCUT2D eigenvalue weighted by Gasteiger charge is 2.31. The van der Waals surface area contributed by atoms with Crippen molar-refractivity contribution < 1.29 is 0 Å². The van der Waals surface area contributed by atoms with Crippen LogP contribution in [0.1, 0.15) is 45.4 Å². The Kier molecular flexibility index (Phi) is 3.28. The molecule has 0 spiro atoms. The van der Waals surface area contributed by atoms with Gasteiger partial charge in [0.1, 0.15) is 17.3 Å². The molecule has 0 bridgehead atoms. The van der Waals surface area contributed by atoms with Gasteiger partial charge in [-0.2, -0.15) is 0 Å². The first-order chi connectivity index (χ1) is 9.61. The Morgan fingerprint density at radius 3 is 2.75 bits per heavy atom. The summed E-state index contributed by atoms with van der Waals surface area (Å²) < 4.78 is 4.31. The van der Waals surface area contributed by atoms with Crippen LogP contribution in [-0.4, -0.2) is 19.1 Å². The van der Waals surface area contributed by atoms with E-state index in [2.05, 4.69) is 34.9 Å². The third-order valence-corrected chi connectivity index (χ3v) is 3.82. The molecule has 0 amide bonds. The zero-order valence-electron chi connectivity index (χ0n) is 12.5. The highest BCUT2D eigenvalue weighted by Crippen LogP contribution is 2.42. The molecule has 0 unspecified atom stereocenters. The third-order valence-electron chi connectivity index (χ3n) is 3.82. The molecule has 0 aromatic carbocycles. The van der Waals surface area contributed by atoms with Crippen LogP contribution in [0.3, 0.4) is 0 Å². The third kappa shape index (κ3) is 2.21. The van der Waals surface area contributed by atoms with Crippen LogP contribution < -0.4 is 5.73 Å². The maximum absolute atomic E-state index is 6.39. The fourth-order valence-electron chi connectivity index (χ4n) is 2.65. The van der Waals surface area contributed by atoms with Gasteiger partial charge < -0.3 is 14.9 Å². The van der Waals surface area contributed by atoms with Crippen LogP contribution in [0.4, 0.5) is 5.82 Å². The van der Waals surface area contributed by atoms with Crippen LogP contribution in [0.2, 0.25) is 0 Å². The minimum absolute atomic E-state index is 0.563. The van der Waals surface area contributed by atoms with Crippen molar-refractivity contribution in [3.63, 3.8) is 0 Å². The summed E-state index contributed by atoms with van der Waals surface area (Å²) in [7, 11) is 0. The molecule has 20 heavy (non-hydrogen) atoms. The van der Waals surface area contributed by atoms with Crippen LogP contribution in [-0.2, 0) is 13.1 Å². The van der Waals surface area contributed by atoms with Crippen molar-refractivity contribution in [1.29, 1.82) is 0 Å². The average molecular weight is 273 g/mol. The molecule has 5 heteroatoms. The number of rotatable bonds is 5. The summed E-state index contributed by atoms with van der Waals surface area (Å²) in [6, 6.07) is 0. The monoisotopic (exact) mass is 273 g/mol. The molecule has 0 atom stereocenters. The lowest BCUT2D eigenvalue weighted by Gasteiger charge is -2.12. The molecular weight excluding hydrogens is 250 g/mol. The molecule has 2 aromatic heterocycles. The van der Waals surface area contributed by atoms with E-state index in [-0.39, 0.29) is 0 Å². The number of aromatic nitrogens is 4. The number of imidazole rings is 2. The number of hydrogen-bond donors (Lipinski definition) is 1. The van der Waals surface area contributed by atoms with Gasteiger partial charge >= 0.3 is 0 Å². The van der Waals surface area contributed by atoms with Gasteiger partial charge in [-0.15, -0.1) is 0 Å². The molecule has 5 nitrogen and oxygen atoms in total. The minimum Gasteiger partial charge on any atom is -0.383 e. The number of nitrogens with two attached hydrogens (primary N) is 1. The zero-order valence-corrected chi connectivity index (χ0v) is 12.5. The number of nitrogen functional groups attached to an aromatic ring is 1. The normalized spacial score (nSPS) is 15.2. The highest BCUT2D eigenvalue weighted by atomic mass is 15.2. The first kappa shape index (κ1) is 13.2. The van der Waals surface area contributed by atoms with E-state index in [1.165, 1.54) is 12.8 Å². The summed E-state index contributed by atoms with van der Waals surface area (Å²) >= 11 is 0. The first-order valence-corrected chi connectivity index (χ1v) is 7.48. The molecule has 1 aliphatic carbocycles. The van der Waals surface area contributed by atoms with E-state index in [4.69, 9.17) is 10.7 Å². The van der Waals surface area contributed by atoms with Crippen molar-refractivity contribution in [3.05, 3.63) is 18.3 Å². The van der Waals surface area contributed by atoms with E-state index < -0.39 is 0 Å². The smallest absolute Gasteiger partial charge is 0.133 e. The molecule has 2 aromatic rings. The minimum atomic E-state index is 0.563. The summed E-state index contributed by atoms with van der Waals surface area (Å²) in [6.45, 7) is 8.35. The topological polar surface area (TPSA) is 61.7 Å². The van der Waals surface area contributed by atoms with Crippen molar-refractivity contribution in [2.24, 2.45) is 5.92 Å². The molecule has 0 saturated heterocycles. The molecular formula is C15H23N5. The van der Waals surface area contributed by atoms with Crippen LogP contribution in [0.5, 0.6) is 0 Å². The van der Waals surface area contributed by atoms with E-state index in [0.29, 0.717) is 11.8 Å². The van der Waals surface area contributed by atoms with Crippen molar-refractivity contribution in [3.8, 4) is 11.4 Å². The van der Waals surface area contributed by atoms with Crippen molar-refractivity contribution >= 4 is 5.82 Å². The maximum Gasteiger partial charge on any atom is 0.133 e. The van der Waals surface area contributed by atoms with Crippen LogP contribution in [0, 0.1) is 5.92 Å². The molecule has 1 fully saturated rings. The van der Waals surface area contributed by atoms with Crippen molar-refractivity contribution in [1.82, 2.24) is 19.1 Å². The number of nitrogens with zero attached hydrogens (tertiary/aromatic N) is 4. The van der Waals surface area contributed by atoms with Gasteiger partial charge in [0.25, 0.3) is 0 Å². The van der Waals surface area contributed by atoms with Crippen LogP contribution >= 0.6 is 0 Å². The zero-order chi connectivity index (χ0) is 14.3. The van der Waals surface area contributed by atoms with Gasteiger partial charge in [-0.25, -0.2) is 9.97 Å². The Hall–Kier alpha value is -1.78. The Morgan fingerprint density at radius 2 is 2.15 bits per heavy atom. The molecule has 0 radical (unpaired) electrons. The number of anilines is 1. The van der Waals surface area contributed by atoms with E-state index in [0.717, 1.165) is 36.1 Å². The molecule has 1 saturated carbocycles. The number of hydrogen-bond acceptors (Lipinski definition) is 3. The largest absolute Gasteiger partial charge is 0.383 e. The highest BCUT2D eigenvalue weighted by molar-refractivity contribution is 5.68. The Labute approximate surface area is 119 Å². The lowest BCUT2D eigenvalue weighted by atomic mass is 10.2. The fourth-order valence-corrected chi connectivity index (χ4v) is 2.65. The quantitative estimate of drug-likeness (QED) is 0.911. The summed E-state index contributed by atoms with van der Waals surface area (Å²) in [5, 5.41) is 0. The van der Waals surface area contributed by atoms with Crippen molar-refractivity contribution in [2.45, 2.75) is 52.6 Å².